The molecule has 116 valence electrons. The Bertz CT molecular complexity index is 464. The summed E-state index contributed by atoms with van der Waals surface area (Å²) in [4.78, 5) is 22.8. The van der Waals surface area contributed by atoms with E-state index in [1.165, 1.54) is 11.8 Å². The Morgan fingerprint density at radius 1 is 1.33 bits per heavy atom. The van der Waals surface area contributed by atoms with Crippen molar-refractivity contribution in [2.45, 2.75) is 38.0 Å². The van der Waals surface area contributed by atoms with Crippen LogP contribution in [-0.2, 0) is 15.3 Å². The zero-order chi connectivity index (χ0) is 15.7. The fourth-order valence-corrected chi connectivity index (χ4v) is 2.67. The molecule has 1 aromatic rings. The molecule has 0 fully saturated rings. The van der Waals surface area contributed by atoms with Gasteiger partial charge in [-0.05, 0) is 24.1 Å². The predicted octanol–water partition coefficient (Wildman–Crippen LogP) is 3.33. The maximum atomic E-state index is 11.7. The van der Waals surface area contributed by atoms with E-state index in [4.69, 9.17) is 16.7 Å². The number of amides is 1. The summed E-state index contributed by atoms with van der Waals surface area (Å²) >= 11 is 7.25. The molecule has 0 saturated heterocycles. The Kier molecular flexibility index (Phi) is 8.23. The summed E-state index contributed by atoms with van der Waals surface area (Å²) < 4.78 is 0. The van der Waals surface area contributed by atoms with Gasteiger partial charge in [0, 0.05) is 10.8 Å². The van der Waals surface area contributed by atoms with Gasteiger partial charge in [0.1, 0.15) is 6.04 Å². The molecule has 1 atom stereocenters. The van der Waals surface area contributed by atoms with E-state index in [2.05, 4.69) is 5.32 Å². The van der Waals surface area contributed by atoms with Gasteiger partial charge in [-0.15, -0.1) is 11.8 Å². The highest BCUT2D eigenvalue weighted by Crippen LogP contribution is 2.15. The number of benzene rings is 1. The van der Waals surface area contributed by atoms with E-state index in [9.17, 15) is 9.59 Å². The molecule has 0 aliphatic rings. The number of thioether (sulfide) groups is 1. The average Bonchev–Trinajstić information content (AvgIpc) is 2.45. The van der Waals surface area contributed by atoms with Crippen LogP contribution in [0.4, 0.5) is 0 Å². The molecule has 1 unspecified atom stereocenters. The zero-order valence-corrected chi connectivity index (χ0v) is 13.5. The van der Waals surface area contributed by atoms with Crippen molar-refractivity contribution in [1.82, 2.24) is 5.32 Å². The summed E-state index contributed by atoms with van der Waals surface area (Å²) in [5.41, 5.74) is 1.08. The van der Waals surface area contributed by atoms with Gasteiger partial charge in [0.2, 0.25) is 5.91 Å². The molecule has 0 aliphatic heterocycles. The fraction of sp³-hybridized carbons (Fsp3) is 0.467. The smallest absolute Gasteiger partial charge is 0.326 e. The molecule has 0 aliphatic carbocycles. The first-order valence-electron chi connectivity index (χ1n) is 6.87. The van der Waals surface area contributed by atoms with Crippen molar-refractivity contribution in [2.75, 3.05) is 5.75 Å². The van der Waals surface area contributed by atoms with Gasteiger partial charge >= 0.3 is 5.97 Å². The highest BCUT2D eigenvalue weighted by molar-refractivity contribution is 7.99. The monoisotopic (exact) mass is 329 g/mol. The van der Waals surface area contributed by atoms with E-state index >= 15 is 0 Å². The average molecular weight is 330 g/mol. The quantitative estimate of drug-likeness (QED) is 0.729. The van der Waals surface area contributed by atoms with Crippen LogP contribution in [0.2, 0.25) is 5.02 Å². The molecule has 1 amide bonds. The van der Waals surface area contributed by atoms with Gasteiger partial charge < -0.3 is 10.4 Å². The third kappa shape index (κ3) is 7.39. The largest absolute Gasteiger partial charge is 0.480 e. The highest BCUT2D eigenvalue weighted by Gasteiger charge is 2.18. The zero-order valence-electron chi connectivity index (χ0n) is 12.0. The lowest BCUT2D eigenvalue weighted by atomic mass is 10.1. The number of unbranched alkanes of at least 4 members (excludes halogenated alkanes) is 1. The van der Waals surface area contributed by atoms with Crippen LogP contribution >= 0.6 is 23.4 Å². The van der Waals surface area contributed by atoms with Gasteiger partial charge in [0.05, 0.1) is 5.75 Å². The Morgan fingerprint density at radius 3 is 2.57 bits per heavy atom. The van der Waals surface area contributed by atoms with Crippen LogP contribution in [0, 0.1) is 0 Å². The number of hydrogen-bond acceptors (Lipinski definition) is 3. The maximum absolute atomic E-state index is 11.7. The molecular weight excluding hydrogens is 310 g/mol. The van der Waals surface area contributed by atoms with Crippen LogP contribution in [0.1, 0.15) is 31.7 Å². The second kappa shape index (κ2) is 9.68. The molecular formula is C15H20ClNO3S. The number of hydrogen-bond donors (Lipinski definition) is 2. The van der Waals surface area contributed by atoms with Crippen molar-refractivity contribution in [3.8, 4) is 0 Å². The van der Waals surface area contributed by atoms with Crippen LogP contribution in [-0.4, -0.2) is 28.8 Å². The number of halogens is 1. The fourth-order valence-electron chi connectivity index (χ4n) is 1.74. The highest BCUT2D eigenvalue weighted by atomic mass is 35.5. The van der Waals surface area contributed by atoms with Crippen molar-refractivity contribution in [3.05, 3.63) is 34.9 Å². The van der Waals surface area contributed by atoms with Crippen LogP contribution in [0.25, 0.3) is 0 Å². The van der Waals surface area contributed by atoms with E-state index in [1.807, 2.05) is 31.2 Å². The normalized spacial score (nSPS) is 11.9. The number of carbonyl (C=O) groups is 2. The summed E-state index contributed by atoms with van der Waals surface area (Å²) in [6.45, 7) is 1.99. The Hall–Kier alpha value is -1.20. The lowest BCUT2D eigenvalue weighted by Crippen LogP contribution is -2.41. The van der Waals surface area contributed by atoms with Crippen LogP contribution < -0.4 is 5.32 Å². The van der Waals surface area contributed by atoms with E-state index < -0.39 is 12.0 Å². The Labute approximate surface area is 134 Å². The molecule has 21 heavy (non-hydrogen) atoms. The van der Waals surface area contributed by atoms with Crippen molar-refractivity contribution < 1.29 is 14.7 Å². The summed E-state index contributed by atoms with van der Waals surface area (Å²) in [6.07, 6.45) is 2.17. The minimum absolute atomic E-state index is 0.238. The lowest BCUT2D eigenvalue weighted by Gasteiger charge is -2.13. The number of carbonyl (C=O) groups excluding carboxylic acids is 1. The number of rotatable bonds is 9. The van der Waals surface area contributed by atoms with Gasteiger partial charge in [-0.2, -0.15) is 0 Å². The van der Waals surface area contributed by atoms with E-state index in [0.717, 1.165) is 18.4 Å². The third-order valence-electron chi connectivity index (χ3n) is 2.89. The van der Waals surface area contributed by atoms with Crippen LogP contribution in [0.15, 0.2) is 24.3 Å². The molecule has 0 heterocycles. The molecule has 0 bridgehead atoms. The number of aliphatic carboxylic acids is 1. The number of carboxylic acid groups (broad SMARTS) is 1. The molecule has 4 nitrogen and oxygen atoms in total. The first kappa shape index (κ1) is 17.9. The second-order valence-electron chi connectivity index (χ2n) is 4.72. The molecule has 0 saturated carbocycles. The third-order valence-corrected chi connectivity index (χ3v) is 4.15. The van der Waals surface area contributed by atoms with Gasteiger partial charge in [-0.1, -0.05) is 43.5 Å². The second-order valence-corrected chi connectivity index (χ2v) is 6.14. The summed E-state index contributed by atoms with van der Waals surface area (Å²) in [7, 11) is 0. The van der Waals surface area contributed by atoms with Crippen LogP contribution in [0.5, 0.6) is 0 Å². The van der Waals surface area contributed by atoms with Crippen LogP contribution in [0.3, 0.4) is 0 Å². The summed E-state index contributed by atoms with van der Waals surface area (Å²) in [5.74, 6) is -0.271. The molecule has 0 aromatic heterocycles. The minimum Gasteiger partial charge on any atom is -0.480 e. The number of nitrogens with one attached hydrogen (secondary N) is 1. The van der Waals surface area contributed by atoms with E-state index in [0.29, 0.717) is 17.2 Å². The van der Waals surface area contributed by atoms with Crippen molar-refractivity contribution in [3.63, 3.8) is 0 Å². The van der Waals surface area contributed by atoms with E-state index in [-0.39, 0.29) is 11.7 Å². The van der Waals surface area contributed by atoms with Crippen molar-refractivity contribution in [1.29, 1.82) is 0 Å². The number of carboxylic acids is 1. The van der Waals surface area contributed by atoms with Crippen molar-refractivity contribution >= 4 is 35.2 Å². The summed E-state index contributed by atoms with van der Waals surface area (Å²) in [6, 6.07) is 6.66. The topological polar surface area (TPSA) is 66.4 Å². The van der Waals surface area contributed by atoms with Gasteiger partial charge in [-0.25, -0.2) is 4.79 Å². The summed E-state index contributed by atoms with van der Waals surface area (Å²) in [5, 5.41) is 12.3. The SMILES string of the molecule is CCCCC(NC(=O)CSCc1ccc(Cl)cc1)C(=O)O. The first-order chi connectivity index (χ1) is 10.0. The molecule has 6 heteroatoms. The first-order valence-corrected chi connectivity index (χ1v) is 8.40. The lowest BCUT2D eigenvalue weighted by molar-refractivity contribution is -0.141. The standard InChI is InChI=1S/C15H20ClNO3S/c1-2-3-4-13(15(19)20)17-14(18)10-21-9-11-5-7-12(16)8-6-11/h5-8,13H,2-4,9-10H2,1H3,(H,17,18)(H,19,20). The Balaban J connectivity index is 2.32. The molecule has 2 N–H and O–H groups in total. The minimum atomic E-state index is -0.973. The van der Waals surface area contributed by atoms with E-state index in [1.54, 1.807) is 0 Å². The molecule has 1 rings (SSSR count). The molecule has 0 radical (unpaired) electrons. The predicted molar refractivity (Wildman–Crippen MR) is 86.7 cm³/mol. The van der Waals surface area contributed by atoms with Gasteiger partial charge in [0.15, 0.2) is 0 Å². The molecule has 0 spiro atoms. The maximum Gasteiger partial charge on any atom is 0.326 e. The van der Waals surface area contributed by atoms with Gasteiger partial charge in [0.25, 0.3) is 0 Å². The Morgan fingerprint density at radius 2 is 2.00 bits per heavy atom. The van der Waals surface area contributed by atoms with Gasteiger partial charge in [-0.3, -0.25) is 4.79 Å². The van der Waals surface area contributed by atoms with Crippen molar-refractivity contribution in [2.24, 2.45) is 0 Å². The molecule has 1 aromatic carbocycles.